The fourth-order valence-corrected chi connectivity index (χ4v) is 2.18. The van der Waals surface area contributed by atoms with Gasteiger partial charge in [0.25, 0.3) is 5.91 Å². The van der Waals surface area contributed by atoms with E-state index < -0.39 is 11.7 Å². The Morgan fingerprint density at radius 3 is 2.78 bits per heavy atom. The van der Waals surface area contributed by atoms with Crippen LogP contribution < -0.4 is 5.32 Å². The molecule has 0 saturated carbocycles. The van der Waals surface area contributed by atoms with Crippen LogP contribution in [0.5, 0.6) is 0 Å². The van der Waals surface area contributed by atoms with Gasteiger partial charge in [0.05, 0.1) is 12.1 Å². The van der Waals surface area contributed by atoms with Crippen molar-refractivity contribution in [2.45, 2.75) is 6.54 Å². The van der Waals surface area contributed by atoms with Gasteiger partial charge in [-0.15, -0.1) is 0 Å². The van der Waals surface area contributed by atoms with Crippen molar-refractivity contribution in [3.8, 4) is 0 Å². The summed E-state index contributed by atoms with van der Waals surface area (Å²) in [5.74, 6) is -0.963. The molecule has 0 bridgehead atoms. The Labute approximate surface area is 113 Å². The summed E-state index contributed by atoms with van der Waals surface area (Å²) >= 11 is 3.17. The molecule has 0 aliphatic carbocycles. The largest absolute Gasteiger partial charge is 0.353 e. The number of carbonyl (C=O) groups is 1. The van der Waals surface area contributed by atoms with E-state index in [0.717, 1.165) is 5.69 Å². The summed E-state index contributed by atoms with van der Waals surface area (Å²) in [5.41, 5.74) is 0.988. The molecule has 1 heterocycles. The van der Waals surface area contributed by atoms with Gasteiger partial charge in [0.15, 0.2) is 0 Å². The molecule has 5 heteroatoms. The Hall–Kier alpha value is -1.62. The number of rotatable bonds is 3. The minimum atomic E-state index is -0.534. The van der Waals surface area contributed by atoms with Crippen LogP contribution in [0.3, 0.4) is 0 Å². The van der Waals surface area contributed by atoms with Gasteiger partial charge in [-0.2, -0.15) is 0 Å². The normalized spacial score (nSPS) is 10.4. The second kappa shape index (κ2) is 5.35. The highest BCUT2D eigenvalue weighted by molar-refractivity contribution is 9.10. The summed E-state index contributed by atoms with van der Waals surface area (Å²) in [4.78, 5) is 11.9. The highest BCUT2D eigenvalue weighted by Crippen LogP contribution is 2.19. The minimum Gasteiger partial charge on any atom is -0.353 e. The summed E-state index contributed by atoms with van der Waals surface area (Å²) < 4.78 is 15.9. The maximum atomic E-state index is 13.5. The molecule has 94 valence electrons. The summed E-state index contributed by atoms with van der Waals surface area (Å²) in [6.07, 6.45) is 1.89. The number of aromatic nitrogens is 1. The molecular formula is C13H12BrFN2O. The first-order valence-corrected chi connectivity index (χ1v) is 6.21. The third-order valence-corrected chi connectivity index (χ3v) is 3.33. The molecule has 2 rings (SSSR count). The number of hydrogen-bond acceptors (Lipinski definition) is 1. The van der Waals surface area contributed by atoms with E-state index in [0.29, 0.717) is 11.0 Å². The van der Waals surface area contributed by atoms with Crippen LogP contribution in [0.2, 0.25) is 0 Å². The lowest BCUT2D eigenvalue weighted by molar-refractivity contribution is 0.0945. The number of amides is 1. The highest BCUT2D eigenvalue weighted by Gasteiger charge is 2.15. The Balaban J connectivity index is 2.11. The lowest BCUT2D eigenvalue weighted by Crippen LogP contribution is -2.25. The van der Waals surface area contributed by atoms with Crippen molar-refractivity contribution in [3.05, 3.63) is 58.1 Å². The molecule has 2 aromatic rings. The maximum absolute atomic E-state index is 13.5. The van der Waals surface area contributed by atoms with Gasteiger partial charge in [-0.25, -0.2) is 4.39 Å². The van der Waals surface area contributed by atoms with Crippen molar-refractivity contribution >= 4 is 21.8 Å². The van der Waals surface area contributed by atoms with Gasteiger partial charge in [-0.1, -0.05) is 6.07 Å². The first kappa shape index (κ1) is 12.8. The van der Waals surface area contributed by atoms with Crippen LogP contribution in [0.4, 0.5) is 4.39 Å². The fraction of sp³-hybridized carbons (Fsp3) is 0.154. The third kappa shape index (κ3) is 2.61. The zero-order chi connectivity index (χ0) is 13.1. The van der Waals surface area contributed by atoms with E-state index in [-0.39, 0.29) is 5.56 Å². The molecule has 18 heavy (non-hydrogen) atoms. The van der Waals surface area contributed by atoms with Crippen LogP contribution in [0.15, 0.2) is 41.0 Å². The standard InChI is InChI=1S/C13H12BrFN2O/c1-17-7-3-4-9(17)8-16-13(18)12-10(14)5-2-6-11(12)15/h2-7H,8H2,1H3,(H,16,18). The Morgan fingerprint density at radius 1 is 1.39 bits per heavy atom. The van der Waals surface area contributed by atoms with Crippen LogP contribution >= 0.6 is 15.9 Å². The molecule has 0 radical (unpaired) electrons. The van der Waals surface area contributed by atoms with Gasteiger partial charge in [0, 0.05) is 23.4 Å². The van der Waals surface area contributed by atoms with E-state index in [9.17, 15) is 9.18 Å². The second-order valence-corrected chi connectivity index (χ2v) is 4.74. The molecular weight excluding hydrogens is 299 g/mol. The lowest BCUT2D eigenvalue weighted by Gasteiger charge is -2.08. The minimum absolute atomic E-state index is 0.0340. The number of aryl methyl sites for hydroxylation is 1. The molecule has 0 saturated heterocycles. The van der Waals surface area contributed by atoms with E-state index in [1.54, 1.807) is 12.1 Å². The molecule has 0 fully saturated rings. The van der Waals surface area contributed by atoms with E-state index >= 15 is 0 Å². The van der Waals surface area contributed by atoms with Crippen LogP contribution in [0.1, 0.15) is 16.1 Å². The maximum Gasteiger partial charge on any atom is 0.255 e. The fourth-order valence-electron chi connectivity index (χ4n) is 1.65. The average molecular weight is 311 g/mol. The highest BCUT2D eigenvalue weighted by atomic mass is 79.9. The van der Waals surface area contributed by atoms with E-state index in [2.05, 4.69) is 21.2 Å². The molecule has 0 atom stereocenters. The van der Waals surface area contributed by atoms with E-state index in [4.69, 9.17) is 0 Å². The third-order valence-electron chi connectivity index (χ3n) is 2.67. The number of nitrogens with zero attached hydrogens (tertiary/aromatic N) is 1. The van der Waals surface area contributed by atoms with Crippen molar-refractivity contribution in [3.63, 3.8) is 0 Å². The zero-order valence-corrected chi connectivity index (χ0v) is 11.4. The van der Waals surface area contributed by atoms with Gasteiger partial charge in [0.2, 0.25) is 0 Å². The van der Waals surface area contributed by atoms with Crippen LogP contribution in [-0.2, 0) is 13.6 Å². The summed E-state index contributed by atoms with van der Waals surface area (Å²) in [7, 11) is 1.89. The van der Waals surface area contributed by atoms with E-state index in [1.165, 1.54) is 6.07 Å². The van der Waals surface area contributed by atoms with Crippen molar-refractivity contribution in [1.82, 2.24) is 9.88 Å². The number of benzene rings is 1. The smallest absolute Gasteiger partial charge is 0.255 e. The first-order chi connectivity index (χ1) is 8.59. The lowest BCUT2D eigenvalue weighted by atomic mass is 10.2. The SMILES string of the molecule is Cn1cccc1CNC(=O)c1c(F)cccc1Br. The molecule has 3 nitrogen and oxygen atoms in total. The Morgan fingerprint density at radius 2 is 2.17 bits per heavy atom. The monoisotopic (exact) mass is 310 g/mol. The number of carbonyl (C=O) groups excluding carboxylic acids is 1. The number of nitrogens with one attached hydrogen (secondary N) is 1. The predicted octanol–water partition coefficient (Wildman–Crippen LogP) is 2.86. The molecule has 0 aliphatic rings. The van der Waals surface area contributed by atoms with Crippen LogP contribution in [0, 0.1) is 5.82 Å². The van der Waals surface area contributed by atoms with Crippen molar-refractivity contribution < 1.29 is 9.18 Å². The Bertz CT molecular complexity index is 560. The molecule has 1 N–H and O–H groups in total. The van der Waals surface area contributed by atoms with Gasteiger partial charge in [0.1, 0.15) is 5.82 Å². The predicted molar refractivity (Wildman–Crippen MR) is 70.7 cm³/mol. The zero-order valence-electron chi connectivity index (χ0n) is 9.78. The number of halogens is 2. The summed E-state index contributed by atoms with van der Waals surface area (Å²) in [6, 6.07) is 8.24. The van der Waals surface area contributed by atoms with Crippen molar-refractivity contribution in [2.75, 3.05) is 0 Å². The van der Waals surface area contributed by atoms with Gasteiger partial charge in [-0.05, 0) is 40.2 Å². The van der Waals surface area contributed by atoms with E-state index in [1.807, 2.05) is 29.9 Å². The molecule has 0 unspecified atom stereocenters. The molecule has 1 amide bonds. The molecule has 1 aromatic heterocycles. The summed E-state index contributed by atoms with van der Waals surface area (Å²) in [6.45, 7) is 0.364. The van der Waals surface area contributed by atoms with Crippen LogP contribution in [-0.4, -0.2) is 10.5 Å². The summed E-state index contributed by atoms with van der Waals surface area (Å²) in [5, 5.41) is 2.69. The molecule has 1 aromatic carbocycles. The van der Waals surface area contributed by atoms with Gasteiger partial charge >= 0.3 is 0 Å². The second-order valence-electron chi connectivity index (χ2n) is 3.89. The average Bonchev–Trinajstić information content (AvgIpc) is 2.72. The number of hydrogen-bond donors (Lipinski definition) is 1. The Kier molecular flexibility index (Phi) is 3.81. The van der Waals surface area contributed by atoms with Crippen LogP contribution in [0.25, 0.3) is 0 Å². The van der Waals surface area contributed by atoms with Crippen molar-refractivity contribution in [1.29, 1.82) is 0 Å². The molecule has 0 spiro atoms. The quantitative estimate of drug-likeness (QED) is 0.929. The topological polar surface area (TPSA) is 34.0 Å². The first-order valence-electron chi connectivity index (χ1n) is 5.42. The van der Waals surface area contributed by atoms with Gasteiger partial charge in [-0.3, -0.25) is 4.79 Å². The molecule has 0 aliphatic heterocycles. The van der Waals surface area contributed by atoms with Crippen molar-refractivity contribution in [2.24, 2.45) is 7.05 Å². The van der Waals surface area contributed by atoms with Gasteiger partial charge < -0.3 is 9.88 Å².